The quantitative estimate of drug-likeness (QED) is 0.501. The number of halogens is 1. The lowest BCUT2D eigenvalue weighted by Gasteiger charge is -1.94. The second kappa shape index (κ2) is 4.07. The van der Waals surface area contributed by atoms with Crippen LogP contribution in [0.1, 0.15) is 13.0 Å². The van der Waals surface area contributed by atoms with Gasteiger partial charge in [-0.25, -0.2) is 0 Å². The molecule has 0 saturated carbocycles. The van der Waals surface area contributed by atoms with Crippen LogP contribution in [0.5, 0.6) is 0 Å². The van der Waals surface area contributed by atoms with Crippen molar-refractivity contribution in [3.05, 3.63) is 38.9 Å². The summed E-state index contributed by atoms with van der Waals surface area (Å²) in [4.78, 5) is 9.80. The van der Waals surface area contributed by atoms with E-state index in [1.165, 1.54) is 12.1 Å². The number of aryl methyl sites for hydroxylation is 1. The Morgan fingerprint density at radius 3 is 2.50 bits per heavy atom. The molecule has 0 atom stereocenters. The molecule has 3 nitrogen and oxygen atoms in total. The van der Waals surface area contributed by atoms with Gasteiger partial charge in [0, 0.05) is 6.07 Å². The fraction of sp³-hybridized carbons (Fsp3) is 0.250. The molecule has 0 N–H and O–H groups in total. The largest absolute Gasteiger partial charge is 0.288 e. The lowest BCUT2D eigenvalue weighted by Crippen LogP contribution is -1.89. The zero-order valence-corrected chi connectivity index (χ0v) is 6.63. The molecule has 0 saturated heterocycles. The van der Waals surface area contributed by atoms with Crippen LogP contribution in [0.2, 0.25) is 5.02 Å². The van der Waals surface area contributed by atoms with E-state index in [1.807, 2.05) is 0 Å². The van der Waals surface area contributed by atoms with Gasteiger partial charge in [0.1, 0.15) is 5.02 Å². The minimum absolute atomic E-state index is 0. The molecule has 0 bridgehead atoms. The smallest absolute Gasteiger partial charge is 0.258 e. The van der Waals surface area contributed by atoms with Crippen LogP contribution in [-0.4, -0.2) is 4.92 Å². The van der Waals surface area contributed by atoms with E-state index in [4.69, 9.17) is 11.6 Å². The van der Waals surface area contributed by atoms with Gasteiger partial charge in [-0.3, -0.25) is 10.1 Å². The van der Waals surface area contributed by atoms with E-state index >= 15 is 0 Å². The van der Waals surface area contributed by atoms with Crippen LogP contribution in [0, 0.1) is 17.0 Å². The first-order chi connectivity index (χ1) is 5.11. The van der Waals surface area contributed by atoms with Crippen molar-refractivity contribution in [1.29, 1.82) is 0 Å². The summed E-state index contributed by atoms with van der Waals surface area (Å²) in [7, 11) is 0. The predicted octanol–water partition coefficient (Wildman–Crippen LogP) is 3.19. The minimum atomic E-state index is -0.491. The number of rotatable bonds is 1. The SMILES string of the molecule is C.Cc1ccc(Cl)c([N+](=O)[O-])c1. The molecule has 0 aliphatic carbocycles. The average Bonchev–Trinajstić information content (AvgIpc) is 1.94. The standard InChI is InChI=1S/C7H6ClNO2.CH4/c1-5-2-3-6(8)7(4-5)9(10)11;/h2-4H,1H3;1H4. The fourth-order valence-electron chi connectivity index (χ4n) is 0.763. The van der Waals surface area contributed by atoms with Crippen LogP contribution in [0.25, 0.3) is 0 Å². The maximum Gasteiger partial charge on any atom is 0.288 e. The summed E-state index contributed by atoms with van der Waals surface area (Å²) in [5, 5.41) is 10.5. The van der Waals surface area contributed by atoms with Gasteiger partial charge in [-0.2, -0.15) is 0 Å². The molecular weight excluding hydrogens is 178 g/mol. The lowest BCUT2D eigenvalue weighted by molar-refractivity contribution is -0.384. The third-order valence-electron chi connectivity index (χ3n) is 1.30. The summed E-state index contributed by atoms with van der Waals surface area (Å²) in [6.07, 6.45) is 0. The number of benzene rings is 1. The summed E-state index contributed by atoms with van der Waals surface area (Å²) < 4.78 is 0. The van der Waals surface area contributed by atoms with E-state index in [-0.39, 0.29) is 18.1 Å². The third kappa shape index (κ3) is 2.20. The maximum atomic E-state index is 10.3. The normalized spacial score (nSPS) is 8.83. The highest BCUT2D eigenvalue weighted by Gasteiger charge is 2.10. The van der Waals surface area contributed by atoms with Gasteiger partial charge in [0.25, 0.3) is 5.69 Å². The molecule has 0 spiro atoms. The zero-order chi connectivity index (χ0) is 8.43. The fourth-order valence-corrected chi connectivity index (χ4v) is 0.949. The Labute approximate surface area is 76.1 Å². The number of nitro groups is 1. The maximum absolute atomic E-state index is 10.3. The second-order valence-electron chi connectivity index (χ2n) is 2.21. The first-order valence-electron chi connectivity index (χ1n) is 3.02. The molecule has 12 heavy (non-hydrogen) atoms. The summed E-state index contributed by atoms with van der Waals surface area (Å²) in [5.41, 5.74) is 0.799. The first kappa shape index (κ1) is 10.9. The van der Waals surface area contributed by atoms with Crippen molar-refractivity contribution in [3.8, 4) is 0 Å². The summed E-state index contributed by atoms with van der Waals surface area (Å²) >= 11 is 5.55. The molecule has 0 aromatic heterocycles. The Bertz CT molecular complexity index is 299. The molecule has 4 heteroatoms. The monoisotopic (exact) mass is 187 g/mol. The van der Waals surface area contributed by atoms with Gasteiger partial charge in [0.05, 0.1) is 4.92 Å². The molecule has 66 valence electrons. The van der Waals surface area contributed by atoms with Crippen LogP contribution in [-0.2, 0) is 0 Å². The van der Waals surface area contributed by atoms with Crippen molar-refractivity contribution in [3.63, 3.8) is 0 Å². The minimum Gasteiger partial charge on any atom is -0.258 e. The van der Waals surface area contributed by atoms with Gasteiger partial charge >= 0.3 is 0 Å². The van der Waals surface area contributed by atoms with Crippen LogP contribution in [0.15, 0.2) is 18.2 Å². The molecule has 1 aromatic carbocycles. The van der Waals surface area contributed by atoms with Gasteiger partial charge in [0.2, 0.25) is 0 Å². The van der Waals surface area contributed by atoms with Crippen molar-refractivity contribution < 1.29 is 4.92 Å². The summed E-state index contributed by atoms with van der Waals surface area (Å²) in [5.74, 6) is 0. The van der Waals surface area contributed by atoms with Crippen LogP contribution >= 0.6 is 11.6 Å². The summed E-state index contributed by atoms with van der Waals surface area (Å²) in [6, 6.07) is 4.70. The summed E-state index contributed by atoms with van der Waals surface area (Å²) in [6.45, 7) is 1.78. The molecule has 1 rings (SSSR count). The van der Waals surface area contributed by atoms with E-state index < -0.39 is 4.92 Å². The number of nitrogens with zero attached hydrogens (tertiary/aromatic N) is 1. The van der Waals surface area contributed by atoms with Crippen molar-refractivity contribution >= 4 is 17.3 Å². The lowest BCUT2D eigenvalue weighted by atomic mass is 10.2. The average molecular weight is 188 g/mol. The van der Waals surface area contributed by atoms with Gasteiger partial charge in [0.15, 0.2) is 0 Å². The van der Waals surface area contributed by atoms with Crippen LogP contribution in [0.3, 0.4) is 0 Å². The van der Waals surface area contributed by atoms with E-state index in [2.05, 4.69) is 0 Å². The number of hydrogen-bond acceptors (Lipinski definition) is 2. The van der Waals surface area contributed by atoms with Crippen molar-refractivity contribution in [2.75, 3.05) is 0 Å². The molecular formula is C8H10ClNO2. The van der Waals surface area contributed by atoms with Gasteiger partial charge in [-0.1, -0.05) is 25.1 Å². The van der Waals surface area contributed by atoms with Crippen molar-refractivity contribution in [2.45, 2.75) is 14.4 Å². The zero-order valence-electron chi connectivity index (χ0n) is 5.87. The van der Waals surface area contributed by atoms with Gasteiger partial charge < -0.3 is 0 Å². The second-order valence-corrected chi connectivity index (χ2v) is 2.62. The van der Waals surface area contributed by atoms with E-state index in [0.717, 1.165) is 5.56 Å². The molecule has 0 heterocycles. The Morgan fingerprint density at radius 1 is 1.50 bits per heavy atom. The molecule has 0 aliphatic rings. The number of nitro benzene ring substituents is 1. The molecule has 1 aromatic rings. The Morgan fingerprint density at radius 2 is 2.08 bits per heavy atom. The first-order valence-corrected chi connectivity index (χ1v) is 3.39. The van der Waals surface area contributed by atoms with E-state index in [0.29, 0.717) is 0 Å². The molecule has 0 unspecified atom stereocenters. The van der Waals surface area contributed by atoms with Gasteiger partial charge in [-0.05, 0) is 18.6 Å². The van der Waals surface area contributed by atoms with Crippen LogP contribution < -0.4 is 0 Å². The topological polar surface area (TPSA) is 43.1 Å². The van der Waals surface area contributed by atoms with Gasteiger partial charge in [-0.15, -0.1) is 0 Å². The van der Waals surface area contributed by atoms with E-state index in [1.54, 1.807) is 13.0 Å². The molecule has 0 amide bonds. The van der Waals surface area contributed by atoms with E-state index in [9.17, 15) is 10.1 Å². The predicted molar refractivity (Wildman–Crippen MR) is 49.6 cm³/mol. The molecule has 0 radical (unpaired) electrons. The highest BCUT2D eigenvalue weighted by Crippen LogP contribution is 2.24. The van der Waals surface area contributed by atoms with Crippen molar-refractivity contribution in [1.82, 2.24) is 0 Å². The van der Waals surface area contributed by atoms with Crippen molar-refractivity contribution in [2.24, 2.45) is 0 Å². The Balaban J connectivity index is 0.00000121. The number of hydrogen-bond donors (Lipinski definition) is 0. The Kier molecular flexibility index (Phi) is 3.70. The highest BCUT2D eigenvalue weighted by atomic mass is 35.5. The molecule has 0 fully saturated rings. The highest BCUT2D eigenvalue weighted by molar-refractivity contribution is 6.32. The van der Waals surface area contributed by atoms with Crippen LogP contribution in [0.4, 0.5) is 5.69 Å². The molecule has 0 aliphatic heterocycles. The Hall–Kier alpha value is -1.09. The third-order valence-corrected chi connectivity index (χ3v) is 1.62.